The van der Waals surface area contributed by atoms with Gasteiger partial charge < -0.3 is 18.7 Å². The Kier molecular flexibility index (Phi) is 4.82. The van der Waals surface area contributed by atoms with E-state index in [2.05, 4.69) is 36.0 Å². The van der Waals surface area contributed by atoms with Crippen molar-refractivity contribution in [1.29, 1.82) is 0 Å². The fourth-order valence-electron chi connectivity index (χ4n) is 3.83. The summed E-state index contributed by atoms with van der Waals surface area (Å²) in [6, 6.07) is 8.01. The van der Waals surface area contributed by atoms with Gasteiger partial charge in [0.25, 0.3) is 0 Å². The van der Waals surface area contributed by atoms with Crippen molar-refractivity contribution in [3.8, 4) is 0 Å². The fraction of sp³-hybridized carbons (Fsp3) is 0.400. The zero-order chi connectivity index (χ0) is 19.6. The lowest BCUT2D eigenvalue weighted by Gasteiger charge is -2.34. The van der Waals surface area contributed by atoms with Gasteiger partial charge in [0.05, 0.1) is 12.9 Å². The molecule has 1 fully saturated rings. The van der Waals surface area contributed by atoms with Crippen molar-refractivity contribution < 1.29 is 9.26 Å². The number of rotatable bonds is 6. The number of methoxy groups -OCH3 is 1. The molecule has 9 nitrogen and oxygen atoms in total. The van der Waals surface area contributed by atoms with Crippen molar-refractivity contribution in [1.82, 2.24) is 29.6 Å². The summed E-state index contributed by atoms with van der Waals surface area (Å²) in [5, 5.41) is 5.35. The van der Waals surface area contributed by atoms with Gasteiger partial charge in [0.15, 0.2) is 22.6 Å². The third-order valence-electron chi connectivity index (χ3n) is 5.42. The Labute approximate surface area is 167 Å². The van der Waals surface area contributed by atoms with E-state index in [4.69, 9.17) is 9.26 Å². The number of hydrogen-bond donors (Lipinski definition) is 0. The van der Waals surface area contributed by atoms with E-state index in [0.29, 0.717) is 6.61 Å². The second kappa shape index (κ2) is 7.76. The van der Waals surface area contributed by atoms with Gasteiger partial charge in [-0.2, -0.15) is 0 Å². The molecule has 0 bridgehead atoms. The molecular weight excluding hydrogens is 370 g/mol. The molecule has 0 amide bonds. The Balaban J connectivity index is 1.29. The minimum Gasteiger partial charge on any atom is -0.383 e. The van der Waals surface area contributed by atoms with Crippen LogP contribution in [0.3, 0.4) is 0 Å². The van der Waals surface area contributed by atoms with Crippen LogP contribution < -0.4 is 4.90 Å². The molecule has 0 N–H and O–H groups in total. The summed E-state index contributed by atoms with van der Waals surface area (Å²) >= 11 is 0. The Bertz CT molecular complexity index is 1110. The van der Waals surface area contributed by atoms with Crippen molar-refractivity contribution in [2.75, 3.05) is 44.8 Å². The number of anilines is 1. The molecule has 5 rings (SSSR count). The lowest BCUT2D eigenvalue weighted by Crippen LogP contribution is -2.46. The van der Waals surface area contributed by atoms with Crippen molar-refractivity contribution in [2.24, 2.45) is 0 Å². The van der Waals surface area contributed by atoms with Gasteiger partial charge in [-0.15, -0.1) is 0 Å². The van der Waals surface area contributed by atoms with Gasteiger partial charge in [-0.25, -0.2) is 15.0 Å². The SMILES string of the molecule is COCCn1cnc2c(N3CCN(Cc4noc5ccccc45)CC3)ncnc21. The van der Waals surface area contributed by atoms with Gasteiger partial charge in [0, 0.05) is 51.8 Å². The lowest BCUT2D eigenvalue weighted by molar-refractivity contribution is 0.188. The third kappa shape index (κ3) is 3.43. The van der Waals surface area contributed by atoms with Crippen LogP contribution in [0.1, 0.15) is 5.69 Å². The topological polar surface area (TPSA) is 85.3 Å². The summed E-state index contributed by atoms with van der Waals surface area (Å²) in [5.41, 5.74) is 3.53. The van der Waals surface area contributed by atoms with Gasteiger partial charge >= 0.3 is 0 Å². The van der Waals surface area contributed by atoms with E-state index in [0.717, 1.165) is 72.9 Å². The van der Waals surface area contributed by atoms with Crippen LogP contribution in [0, 0.1) is 0 Å². The Hall–Kier alpha value is -3.04. The number of ether oxygens (including phenoxy) is 1. The van der Waals surface area contributed by atoms with Crippen LogP contribution in [-0.4, -0.2) is 69.5 Å². The lowest BCUT2D eigenvalue weighted by atomic mass is 10.2. The molecule has 0 atom stereocenters. The van der Waals surface area contributed by atoms with E-state index in [1.165, 1.54) is 0 Å². The van der Waals surface area contributed by atoms with Crippen molar-refractivity contribution >= 4 is 28.0 Å². The first-order valence-electron chi connectivity index (χ1n) is 9.79. The minimum absolute atomic E-state index is 0.625. The zero-order valence-corrected chi connectivity index (χ0v) is 16.4. The smallest absolute Gasteiger partial charge is 0.167 e. The van der Waals surface area contributed by atoms with E-state index in [1.807, 2.05) is 29.1 Å². The number of piperazine rings is 1. The molecule has 4 heterocycles. The average molecular weight is 393 g/mol. The van der Waals surface area contributed by atoms with Crippen LogP contribution in [-0.2, 0) is 17.8 Å². The molecule has 0 aliphatic carbocycles. The third-order valence-corrected chi connectivity index (χ3v) is 5.42. The number of aromatic nitrogens is 5. The molecule has 9 heteroatoms. The summed E-state index contributed by atoms with van der Waals surface area (Å²) in [7, 11) is 1.70. The summed E-state index contributed by atoms with van der Waals surface area (Å²) in [6.07, 6.45) is 3.43. The fourth-order valence-corrected chi connectivity index (χ4v) is 3.83. The maximum atomic E-state index is 5.44. The molecule has 29 heavy (non-hydrogen) atoms. The molecule has 1 aliphatic rings. The predicted molar refractivity (Wildman–Crippen MR) is 109 cm³/mol. The molecule has 1 aliphatic heterocycles. The van der Waals surface area contributed by atoms with E-state index in [9.17, 15) is 0 Å². The normalized spacial score (nSPS) is 15.6. The van der Waals surface area contributed by atoms with Crippen molar-refractivity contribution in [2.45, 2.75) is 13.1 Å². The first kappa shape index (κ1) is 18.0. The van der Waals surface area contributed by atoms with Crippen LogP contribution in [0.2, 0.25) is 0 Å². The first-order chi connectivity index (χ1) is 14.3. The Morgan fingerprint density at radius 1 is 1.07 bits per heavy atom. The number of imidazole rings is 1. The molecule has 1 saturated heterocycles. The first-order valence-corrected chi connectivity index (χ1v) is 9.79. The van der Waals surface area contributed by atoms with Crippen LogP contribution >= 0.6 is 0 Å². The largest absolute Gasteiger partial charge is 0.383 e. The minimum atomic E-state index is 0.625. The molecule has 3 aromatic heterocycles. The maximum absolute atomic E-state index is 5.44. The standard InChI is InChI=1S/C20H23N7O2/c1-28-11-10-27-14-23-18-19(21-13-22-20(18)27)26-8-6-25(7-9-26)12-16-15-4-2-3-5-17(15)29-24-16/h2-5,13-14H,6-12H2,1H3. The van der Waals surface area contributed by atoms with E-state index < -0.39 is 0 Å². The monoisotopic (exact) mass is 393 g/mol. The number of nitrogens with zero attached hydrogens (tertiary/aromatic N) is 7. The molecule has 0 radical (unpaired) electrons. The highest BCUT2D eigenvalue weighted by atomic mass is 16.5. The van der Waals surface area contributed by atoms with Gasteiger partial charge in [-0.1, -0.05) is 17.3 Å². The van der Waals surface area contributed by atoms with Crippen LogP contribution in [0.15, 0.2) is 41.4 Å². The van der Waals surface area contributed by atoms with Crippen LogP contribution in [0.5, 0.6) is 0 Å². The maximum Gasteiger partial charge on any atom is 0.167 e. The van der Waals surface area contributed by atoms with Crippen molar-refractivity contribution in [3.05, 3.63) is 42.6 Å². The Morgan fingerprint density at radius 3 is 2.79 bits per heavy atom. The highest BCUT2D eigenvalue weighted by Gasteiger charge is 2.23. The zero-order valence-electron chi connectivity index (χ0n) is 16.4. The molecule has 0 spiro atoms. The van der Waals surface area contributed by atoms with Gasteiger partial charge in [0.2, 0.25) is 0 Å². The summed E-state index contributed by atoms with van der Waals surface area (Å²) < 4.78 is 12.6. The van der Waals surface area contributed by atoms with E-state index in [-0.39, 0.29) is 0 Å². The van der Waals surface area contributed by atoms with E-state index in [1.54, 1.807) is 13.4 Å². The molecule has 1 aromatic carbocycles. The summed E-state index contributed by atoms with van der Waals surface area (Å²) in [6.45, 7) is 5.76. The molecule has 0 unspecified atom stereocenters. The van der Waals surface area contributed by atoms with Crippen LogP contribution in [0.25, 0.3) is 22.1 Å². The second-order valence-corrected chi connectivity index (χ2v) is 7.19. The quantitative estimate of drug-likeness (QED) is 0.491. The highest BCUT2D eigenvalue weighted by molar-refractivity contribution is 5.83. The molecular formula is C20H23N7O2. The van der Waals surface area contributed by atoms with Crippen molar-refractivity contribution in [3.63, 3.8) is 0 Å². The number of benzene rings is 1. The second-order valence-electron chi connectivity index (χ2n) is 7.19. The predicted octanol–water partition coefficient (Wildman–Crippen LogP) is 1.94. The summed E-state index contributed by atoms with van der Waals surface area (Å²) in [5.74, 6) is 0.901. The summed E-state index contributed by atoms with van der Waals surface area (Å²) in [4.78, 5) is 18.2. The Morgan fingerprint density at radius 2 is 1.93 bits per heavy atom. The highest BCUT2D eigenvalue weighted by Crippen LogP contribution is 2.24. The molecule has 150 valence electrons. The average Bonchev–Trinajstić information content (AvgIpc) is 3.37. The number of fused-ring (bicyclic) bond motifs is 2. The van der Waals surface area contributed by atoms with Gasteiger partial charge in [-0.3, -0.25) is 4.90 Å². The van der Waals surface area contributed by atoms with Gasteiger partial charge in [-0.05, 0) is 12.1 Å². The van der Waals surface area contributed by atoms with Gasteiger partial charge in [0.1, 0.15) is 12.0 Å². The molecule has 0 saturated carbocycles. The number of hydrogen-bond acceptors (Lipinski definition) is 8. The van der Waals surface area contributed by atoms with E-state index >= 15 is 0 Å². The number of para-hydroxylation sites is 1. The molecule has 4 aromatic rings. The van der Waals surface area contributed by atoms with Crippen LogP contribution in [0.4, 0.5) is 5.82 Å².